The number of sulfonamides is 1. The Balaban J connectivity index is 1.04. The second-order valence-corrected chi connectivity index (χ2v) is 13.1. The first-order chi connectivity index (χ1) is 19.3. The predicted molar refractivity (Wildman–Crippen MR) is 149 cm³/mol. The summed E-state index contributed by atoms with van der Waals surface area (Å²) in [6.07, 6.45) is 9.78. The topological polar surface area (TPSA) is 126 Å². The summed E-state index contributed by atoms with van der Waals surface area (Å²) in [4.78, 5) is 29.9. The van der Waals surface area contributed by atoms with Gasteiger partial charge in [0.15, 0.2) is 0 Å². The number of ether oxygens (including phenoxy) is 1. The third-order valence-corrected chi connectivity index (χ3v) is 10.4. The van der Waals surface area contributed by atoms with Gasteiger partial charge in [0, 0.05) is 31.0 Å². The van der Waals surface area contributed by atoms with Crippen LogP contribution in [0.4, 0.5) is 0 Å². The molecular weight excluding hydrogens is 530 g/mol. The number of nitrogens with zero attached hydrogens (tertiary/aromatic N) is 2. The molecule has 2 aromatic rings. The quantitative estimate of drug-likeness (QED) is 0.401. The van der Waals surface area contributed by atoms with Gasteiger partial charge in [0.1, 0.15) is 12.1 Å². The minimum Gasteiger partial charge on any atom is -0.480 e. The van der Waals surface area contributed by atoms with E-state index < -0.39 is 34.0 Å². The van der Waals surface area contributed by atoms with E-state index in [9.17, 15) is 23.1 Å². The first-order valence-corrected chi connectivity index (χ1v) is 15.9. The second kappa shape index (κ2) is 12.8. The molecule has 1 saturated heterocycles. The van der Waals surface area contributed by atoms with Crippen LogP contribution >= 0.6 is 0 Å². The number of amides is 1. The van der Waals surface area contributed by atoms with E-state index in [1.54, 1.807) is 18.2 Å². The number of carbonyl (C=O) groups excluding carboxylic acids is 1. The average Bonchev–Trinajstić information content (AvgIpc) is 3.45. The zero-order valence-electron chi connectivity index (χ0n) is 22.8. The van der Waals surface area contributed by atoms with Gasteiger partial charge in [-0.2, -0.15) is 4.31 Å². The number of nitrogens with one attached hydrogen (secondary N) is 1. The van der Waals surface area contributed by atoms with E-state index in [4.69, 9.17) is 9.72 Å². The number of aliphatic carboxylic acids is 1. The van der Waals surface area contributed by atoms with E-state index in [2.05, 4.69) is 17.4 Å². The van der Waals surface area contributed by atoms with E-state index in [-0.39, 0.29) is 30.6 Å². The highest BCUT2D eigenvalue weighted by Gasteiger charge is 2.40. The van der Waals surface area contributed by atoms with Gasteiger partial charge in [0.25, 0.3) is 0 Å². The standard InChI is InChI=1S/C30H39N3O6S/c34-29(28-11-6-17-33(28)40(37,38)25-8-2-1-3-9-25)32-27(30(35)36)16-18-39-24-19-21(20-24)12-14-23-15-13-22-7-4-5-10-26(22)31-23/h1-3,8-9,13,15,21,24,27-28H,4-7,10-12,14,16-20H2,(H,32,34)(H,35,36)/t21?,24?,27-,28-/m0/s1. The molecule has 0 bridgehead atoms. The number of carbonyl (C=O) groups is 2. The number of aromatic nitrogens is 1. The fourth-order valence-corrected chi connectivity index (χ4v) is 7.74. The van der Waals surface area contributed by atoms with Crippen molar-refractivity contribution in [1.29, 1.82) is 0 Å². The molecular formula is C30H39N3O6S. The molecule has 2 N–H and O–H groups in total. The van der Waals surface area contributed by atoms with E-state index in [1.807, 2.05) is 0 Å². The number of pyridine rings is 1. The second-order valence-electron chi connectivity index (χ2n) is 11.3. The van der Waals surface area contributed by atoms with Crippen LogP contribution in [0.5, 0.6) is 0 Å². The maximum atomic E-state index is 13.1. The summed E-state index contributed by atoms with van der Waals surface area (Å²) in [6, 6.07) is 10.3. The van der Waals surface area contributed by atoms with Crippen molar-refractivity contribution < 1.29 is 27.9 Å². The molecule has 2 aliphatic carbocycles. The number of hydrogen-bond donors (Lipinski definition) is 2. The van der Waals surface area contributed by atoms with E-state index in [1.165, 1.54) is 46.2 Å². The lowest BCUT2D eigenvalue weighted by molar-refractivity contribution is -0.143. The van der Waals surface area contributed by atoms with Crippen LogP contribution in [-0.4, -0.2) is 66.0 Å². The van der Waals surface area contributed by atoms with Gasteiger partial charge >= 0.3 is 5.97 Å². The highest BCUT2D eigenvalue weighted by molar-refractivity contribution is 7.89. The Hall–Kier alpha value is -2.82. The summed E-state index contributed by atoms with van der Waals surface area (Å²) in [5, 5.41) is 12.3. The van der Waals surface area contributed by atoms with Gasteiger partial charge in [-0.3, -0.25) is 9.78 Å². The smallest absolute Gasteiger partial charge is 0.326 e. The molecule has 1 aromatic heterocycles. The Bertz CT molecular complexity index is 1300. The Morgan fingerprint density at radius 3 is 2.62 bits per heavy atom. The van der Waals surface area contributed by atoms with E-state index in [0.717, 1.165) is 38.5 Å². The van der Waals surface area contributed by atoms with Crippen LogP contribution in [0.3, 0.4) is 0 Å². The molecule has 10 heteroatoms. The van der Waals surface area contributed by atoms with Gasteiger partial charge in [-0.1, -0.05) is 24.3 Å². The fourth-order valence-electron chi connectivity index (χ4n) is 6.06. The minimum atomic E-state index is -3.85. The van der Waals surface area contributed by atoms with Crippen molar-refractivity contribution in [2.75, 3.05) is 13.2 Å². The molecule has 1 aliphatic heterocycles. The molecule has 0 unspecified atom stereocenters. The van der Waals surface area contributed by atoms with E-state index >= 15 is 0 Å². The molecule has 1 saturated carbocycles. The summed E-state index contributed by atoms with van der Waals surface area (Å²) >= 11 is 0. The Morgan fingerprint density at radius 2 is 1.85 bits per heavy atom. The Labute approximate surface area is 236 Å². The highest BCUT2D eigenvalue weighted by atomic mass is 32.2. The first-order valence-electron chi connectivity index (χ1n) is 14.5. The first kappa shape index (κ1) is 28.7. The molecule has 0 radical (unpaired) electrons. The molecule has 9 nitrogen and oxygen atoms in total. The summed E-state index contributed by atoms with van der Waals surface area (Å²) in [5.74, 6) is -1.15. The number of carboxylic acids is 1. The van der Waals surface area contributed by atoms with Crippen molar-refractivity contribution >= 4 is 21.9 Å². The van der Waals surface area contributed by atoms with Crippen LogP contribution < -0.4 is 5.32 Å². The summed E-state index contributed by atoms with van der Waals surface area (Å²) in [5.41, 5.74) is 3.85. The number of benzene rings is 1. The van der Waals surface area contributed by atoms with Gasteiger partial charge < -0.3 is 15.2 Å². The lowest BCUT2D eigenvalue weighted by Crippen LogP contribution is -2.51. The molecule has 40 heavy (non-hydrogen) atoms. The van der Waals surface area contributed by atoms with E-state index in [0.29, 0.717) is 18.8 Å². The largest absolute Gasteiger partial charge is 0.480 e. The van der Waals surface area contributed by atoms with Crippen molar-refractivity contribution in [2.45, 2.75) is 93.7 Å². The summed E-state index contributed by atoms with van der Waals surface area (Å²) < 4.78 is 33.2. The molecule has 1 amide bonds. The lowest BCUT2D eigenvalue weighted by Gasteiger charge is -2.35. The van der Waals surface area contributed by atoms with Gasteiger partial charge in [-0.05, 0) is 93.9 Å². The normalized spacial score (nSPS) is 23.6. The Kier molecular flexibility index (Phi) is 9.17. The van der Waals surface area contributed by atoms with Gasteiger partial charge in [0.2, 0.25) is 15.9 Å². The van der Waals surface area contributed by atoms with Crippen molar-refractivity contribution in [1.82, 2.24) is 14.6 Å². The van der Waals surface area contributed by atoms with Gasteiger partial charge in [0.05, 0.1) is 11.0 Å². The van der Waals surface area contributed by atoms with Crippen LogP contribution in [0.2, 0.25) is 0 Å². The molecule has 5 rings (SSSR count). The van der Waals surface area contributed by atoms with Crippen LogP contribution in [-0.2, 0) is 43.6 Å². The monoisotopic (exact) mass is 569 g/mol. The fraction of sp³-hybridized carbons (Fsp3) is 0.567. The number of aryl methyl sites for hydroxylation is 3. The third kappa shape index (κ3) is 6.72. The maximum Gasteiger partial charge on any atom is 0.326 e. The molecule has 2 heterocycles. The summed E-state index contributed by atoms with van der Waals surface area (Å²) in [6.45, 7) is 0.444. The Morgan fingerprint density at radius 1 is 1.07 bits per heavy atom. The molecule has 1 aromatic carbocycles. The number of fused-ring (bicyclic) bond motifs is 1. The van der Waals surface area contributed by atoms with Crippen LogP contribution in [0.15, 0.2) is 47.4 Å². The van der Waals surface area contributed by atoms with Crippen LogP contribution in [0.1, 0.15) is 68.3 Å². The molecule has 2 fully saturated rings. The molecule has 216 valence electrons. The molecule has 3 aliphatic rings. The van der Waals surface area contributed by atoms with Crippen molar-refractivity contribution in [2.24, 2.45) is 5.92 Å². The predicted octanol–water partition coefficient (Wildman–Crippen LogP) is 3.50. The van der Waals surface area contributed by atoms with Crippen molar-refractivity contribution in [3.05, 3.63) is 59.4 Å². The number of rotatable bonds is 12. The number of carboxylic acid groups (broad SMARTS) is 1. The maximum absolute atomic E-state index is 13.1. The lowest BCUT2D eigenvalue weighted by atomic mass is 9.79. The van der Waals surface area contributed by atoms with Crippen LogP contribution in [0, 0.1) is 5.92 Å². The zero-order valence-corrected chi connectivity index (χ0v) is 23.7. The average molecular weight is 570 g/mol. The third-order valence-electron chi connectivity index (χ3n) is 8.47. The highest BCUT2D eigenvalue weighted by Crippen LogP contribution is 2.34. The molecule has 0 spiro atoms. The zero-order chi connectivity index (χ0) is 28.1. The number of hydrogen-bond acceptors (Lipinski definition) is 6. The van der Waals surface area contributed by atoms with Gasteiger partial charge in [-0.25, -0.2) is 13.2 Å². The minimum absolute atomic E-state index is 0.105. The van der Waals surface area contributed by atoms with Crippen molar-refractivity contribution in [3.8, 4) is 0 Å². The summed E-state index contributed by atoms with van der Waals surface area (Å²) in [7, 11) is -3.85. The molecule has 2 atom stereocenters. The SMILES string of the molecule is O=C(O)[C@H](CCOC1CC(CCc2ccc3c(n2)CCCC3)C1)NC(=O)[C@@H]1CCCN1S(=O)(=O)c1ccccc1. The van der Waals surface area contributed by atoms with Gasteiger partial charge in [-0.15, -0.1) is 0 Å². The van der Waals surface area contributed by atoms with Crippen LogP contribution in [0.25, 0.3) is 0 Å². The van der Waals surface area contributed by atoms with Crippen molar-refractivity contribution in [3.63, 3.8) is 0 Å².